The second kappa shape index (κ2) is 8.59. The number of H-pyrrole nitrogens is 1. The minimum atomic E-state index is -0.563. The van der Waals surface area contributed by atoms with E-state index < -0.39 is 5.60 Å². The van der Waals surface area contributed by atoms with Gasteiger partial charge in [0.25, 0.3) is 10.7 Å². The molecular formula is C21H28N4O4S. The van der Waals surface area contributed by atoms with E-state index in [4.69, 9.17) is 21.4 Å². The van der Waals surface area contributed by atoms with E-state index in [-0.39, 0.29) is 34.8 Å². The summed E-state index contributed by atoms with van der Waals surface area (Å²) in [7, 11) is 0. The zero-order valence-corrected chi connectivity index (χ0v) is 18.7. The summed E-state index contributed by atoms with van der Waals surface area (Å²) in [6.45, 7) is 10.2. The highest BCUT2D eigenvalue weighted by Gasteiger charge is 2.38. The van der Waals surface area contributed by atoms with Gasteiger partial charge in [-0.15, -0.1) is 5.10 Å². The zero-order chi connectivity index (χ0) is 22.1. The van der Waals surface area contributed by atoms with Crippen molar-refractivity contribution < 1.29 is 18.7 Å². The molecule has 0 unspecified atom stereocenters. The minimum Gasteiger partial charge on any atom is -0.444 e. The highest BCUT2D eigenvalue weighted by Crippen LogP contribution is 2.26. The van der Waals surface area contributed by atoms with Gasteiger partial charge in [0.1, 0.15) is 5.60 Å². The van der Waals surface area contributed by atoms with Gasteiger partial charge < -0.3 is 19.4 Å². The zero-order valence-electron chi connectivity index (χ0n) is 17.9. The van der Waals surface area contributed by atoms with Crippen LogP contribution in [0, 0.1) is 10.8 Å². The van der Waals surface area contributed by atoms with Gasteiger partial charge >= 0.3 is 6.09 Å². The average Bonchev–Trinajstić information content (AvgIpc) is 3.10. The summed E-state index contributed by atoms with van der Waals surface area (Å²) in [6.07, 6.45) is 0.437. The molecule has 2 N–H and O–H groups in total. The standard InChI is InChI=1S/C21H28N4O4S/c1-12-10-11-25(20(27)29-21(3,4)5)13(2)16(12)22-17(26)14-6-8-15(9-7-14)18-23-24-19(30)28-18/h6-9,12-13,16H,10-11H2,1-5H3,(H,22,26)(H,24,30)/t12-,13-,16+/m1/s1. The molecule has 1 saturated heterocycles. The quantitative estimate of drug-likeness (QED) is 0.706. The van der Waals surface area contributed by atoms with Crippen molar-refractivity contribution in [3.05, 3.63) is 34.7 Å². The summed E-state index contributed by atoms with van der Waals surface area (Å²) >= 11 is 4.88. The number of benzene rings is 1. The molecule has 9 heteroatoms. The summed E-state index contributed by atoms with van der Waals surface area (Å²) in [6, 6.07) is 6.57. The normalized spacial score (nSPS) is 21.9. The highest BCUT2D eigenvalue weighted by molar-refractivity contribution is 7.71. The first kappa shape index (κ1) is 22.0. The molecule has 0 spiro atoms. The largest absolute Gasteiger partial charge is 0.444 e. The topological polar surface area (TPSA) is 100 Å². The van der Waals surface area contributed by atoms with Crippen LogP contribution in [0.4, 0.5) is 4.79 Å². The van der Waals surface area contributed by atoms with Crippen LogP contribution in [0.15, 0.2) is 28.7 Å². The molecule has 2 aromatic rings. The van der Waals surface area contributed by atoms with Crippen LogP contribution in [0.2, 0.25) is 0 Å². The lowest BCUT2D eigenvalue weighted by Gasteiger charge is -2.43. The van der Waals surface area contributed by atoms with E-state index in [1.807, 2.05) is 27.7 Å². The molecule has 1 aliphatic heterocycles. The third-order valence-electron chi connectivity index (χ3n) is 5.21. The van der Waals surface area contributed by atoms with E-state index in [9.17, 15) is 9.59 Å². The number of nitrogens with one attached hydrogen (secondary N) is 2. The summed E-state index contributed by atoms with van der Waals surface area (Å²) in [5.74, 6) is 0.406. The lowest BCUT2D eigenvalue weighted by molar-refractivity contribution is 0.000872. The molecule has 1 aliphatic rings. The first-order valence-corrected chi connectivity index (χ1v) is 10.4. The van der Waals surface area contributed by atoms with Crippen LogP contribution in [0.1, 0.15) is 51.4 Å². The number of aromatic amines is 1. The van der Waals surface area contributed by atoms with Crippen LogP contribution in [-0.4, -0.2) is 51.3 Å². The number of piperidine rings is 1. The number of ether oxygens (including phenoxy) is 1. The van der Waals surface area contributed by atoms with Gasteiger partial charge in [-0.3, -0.25) is 4.79 Å². The maximum atomic E-state index is 12.9. The lowest BCUT2D eigenvalue weighted by atomic mass is 9.87. The fourth-order valence-electron chi connectivity index (χ4n) is 3.59. The smallest absolute Gasteiger partial charge is 0.410 e. The Morgan fingerprint density at radius 2 is 1.93 bits per heavy atom. The fourth-order valence-corrected chi connectivity index (χ4v) is 3.71. The van der Waals surface area contributed by atoms with Gasteiger partial charge in [0.15, 0.2) is 0 Å². The highest BCUT2D eigenvalue weighted by atomic mass is 32.1. The molecule has 8 nitrogen and oxygen atoms in total. The number of carbonyl (C=O) groups is 2. The fraction of sp³-hybridized carbons (Fsp3) is 0.524. The van der Waals surface area contributed by atoms with Crippen LogP contribution in [0.25, 0.3) is 11.5 Å². The first-order chi connectivity index (χ1) is 14.0. The van der Waals surface area contributed by atoms with Gasteiger partial charge in [-0.05, 0) is 76.5 Å². The van der Waals surface area contributed by atoms with Crippen molar-refractivity contribution in [2.75, 3.05) is 6.54 Å². The van der Waals surface area contributed by atoms with Gasteiger partial charge in [0.2, 0.25) is 5.89 Å². The number of carbonyl (C=O) groups excluding carboxylic acids is 2. The van der Waals surface area contributed by atoms with Crippen molar-refractivity contribution in [1.29, 1.82) is 0 Å². The Morgan fingerprint density at radius 3 is 2.50 bits per heavy atom. The van der Waals surface area contributed by atoms with Gasteiger partial charge in [-0.25, -0.2) is 9.89 Å². The van der Waals surface area contributed by atoms with Gasteiger partial charge in [-0.1, -0.05) is 6.92 Å². The van der Waals surface area contributed by atoms with Crippen LogP contribution < -0.4 is 5.32 Å². The second-order valence-corrected chi connectivity index (χ2v) is 9.05. The third-order valence-corrected chi connectivity index (χ3v) is 5.38. The molecule has 3 atom stereocenters. The number of hydrogen-bond acceptors (Lipinski definition) is 6. The Morgan fingerprint density at radius 1 is 1.27 bits per heavy atom. The lowest BCUT2D eigenvalue weighted by Crippen LogP contribution is -2.59. The van der Waals surface area contributed by atoms with Crippen molar-refractivity contribution >= 4 is 24.2 Å². The molecule has 1 fully saturated rings. The maximum Gasteiger partial charge on any atom is 0.410 e. The van der Waals surface area contributed by atoms with Crippen LogP contribution >= 0.6 is 12.2 Å². The van der Waals surface area contributed by atoms with E-state index in [0.717, 1.165) is 12.0 Å². The van der Waals surface area contributed by atoms with Crippen LogP contribution in [-0.2, 0) is 4.74 Å². The summed E-state index contributed by atoms with van der Waals surface area (Å²) in [4.78, 5) is 27.3. The molecular weight excluding hydrogens is 404 g/mol. The maximum absolute atomic E-state index is 12.9. The van der Waals surface area contributed by atoms with Gasteiger partial charge in [0.05, 0.1) is 12.1 Å². The average molecular weight is 433 g/mol. The molecule has 0 saturated carbocycles. The predicted octanol–water partition coefficient (Wildman–Crippen LogP) is 4.16. The number of aromatic nitrogens is 2. The molecule has 30 heavy (non-hydrogen) atoms. The summed E-state index contributed by atoms with van der Waals surface area (Å²) in [5.41, 5.74) is 0.670. The Labute approximate surface area is 181 Å². The molecule has 0 aliphatic carbocycles. The first-order valence-electron chi connectivity index (χ1n) is 10.0. The minimum absolute atomic E-state index is 0.178. The molecule has 162 valence electrons. The molecule has 1 aromatic carbocycles. The van der Waals surface area contributed by atoms with Gasteiger partial charge in [0, 0.05) is 17.7 Å². The van der Waals surface area contributed by atoms with Gasteiger partial charge in [-0.2, -0.15) is 0 Å². The Kier molecular flexibility index (Phi) is 6.30. The SMILES string of the molecule is C[C@@H]1CCN(C(=O)OC(C)(C)C)[C@H](C)[C@H]1NC(=O)c1ccc(-c2n[nH]c(=S)o2)cc1. The molecule has 1 aromatic heterocycles. The molecule has 3 rings (SSSR count). The van der Waals surface area contributed by atoms with Crippen LogP contribution in [0.3, 0.4) is 0 Å². The Hall–Kier alpha value is -2.68. The van der Waals surface area contributed by atoms with Crippen molar-refractivity contribution in [3.63, 3.8) is 0 Å². The third kappa shape index (κ3) is 5.08. The number of nitrogens with zero attached hydrogens (tertiary/aromatic N) is 2. The molecule has 2 heterocycles. The Bertz CT molecular complexity index is 960. The van der Waals surface area contributed by atoms with E-state index in [2.05, 4.69) is 22.4 Å². The summed E-state index contributed by atoms with van der Waals surface area (Å²) in [5, 5.41) is 9.65. The van der Waals surface area contributed by atoms with E-state index >= 15 is 0 Å². The predicted molar refractivity (Wildman–Crippen MR) is 115 cm³/mol. The monoisotopic (exact) mass is 432 g/mol. The van der Waals surface area contributed by atoms with E-state index in [1.165, 1.54) is 0 Å². The van der Waals surface area contributed by atoms with Crippen molar-refractivity contribution in [1.82, 2.24) is 20.4 Å². The number of likely N-dealkylation sites (tertiary alicyclic amines) is 1. The van der Waals surface area contributed by atoms with E-state index in [1.54, 1.807) is 29.2 Å². The number of hydrogen-bond donors (Lipinski definition) is 2. The molecule has 2 amide bonds. The van der Waals surface area contributed by atoms with Crippen LogP contribution in [0.5, 0.6) is 0 Å². The van der Waals surface area contributed by atoms with Crippen molar-refractivity contribution in [3.8, 4) is 11.5 Å². The molecule has 0 radical (unpaired) electrons. The van der Waals surface area contributed by atoms with Crippen molar-refractivity contribution in [2.45, 2.75) is 58.7 Å². The van der Waals surface area contributed by atoms with Crippen molar-refractivity contribution in [2.24, 2.45) is 5.92 Å². The number of rotatable bonds is 3. The Balaban J connectivity index is 1.69. The van der Waals surface area contributed by atoms with E-state index in [0.29, 0.717) is 18.0 Å². The number of amides is 2. The second-order valence-electron chi connectivity index (χ2n) is 8.68. The summed E-state index contributed by atoms with van der Waals surface area (Å²) < 4.78 is 10.8. The molecule has 0 bridgehead atoms.